The van der Waals surface area contributed by atoms with Gasteiger partial charge in [-0.1, -0.05) is 12.1 Å². The molecule has 2 heterocycles. The minimum Gasteiger partial charge on any atom is -0.424 e. The Morgan fingerprint density at radius 1 is 1.40 bits per heavy atom. The summed E-state index contributed by atoms with van der Waals surface area (Å²) in [4.78, 5) is 15.1. The molecule has 0 radical (unpaired) electrons. The number of aromatic amines is 1. The zero-order valence-electron chi connectivity index (χ0n) is 7.83. The summed E-state index contributed by atoms with van der Waals surface area (Å²) in [6.45, 7) is 0. The lowest BCUT2D eigenvalue weighted by atomic mass is 9.91. The molecule has 0 aliphatic heterocycles. The number of allylic oxidation sites excluding steroid dienone is 1. The van der Waals surface area contributed by atoms with Crippen LogP contribution in [0.5, 0.6) is 0 Å². The van der Waals surface area contributed by atoms with Crippen LogP contribution in [0, 0.1) is 0 Å². The highest BCUT2D eigenvalue weighted by Crippen LogP contribution is 2.04. The molecular formula is C8H9BN4O2. The first kappa shape index (κ1) is 9.82. The molecule has 3 N–H and O–H groups in total. The molecule has 0 atom stereocenters. The average Bonchev–Trinajstić information content (AvgIpc) is 2.64. The Morgan fingerprint density at radius 2 is 2.27 bits per heavy atom. The van der Waals surface area contributed by atoms with Crippen LogP contribution in [0.25, 0.3) is 11.2 Å². The molecule has 0 saturated carbocycles. The summed E-state index contributed by atoms with van der Waals surface area (Å²) >= 11 is 0. The predicted molar refractivity (Wildman–Crippen MR) is 54.7 cm³/mol. The topological polar surface area (TPSA) is 94.9 Å². The zero-order chi connectivity index (χ0) is 10.7. The molecule has 0 amide bonds. The third-order valence-corrected chi connectivity index (χ3v) is 1.83. The van der Waals surface area contributed by atoms with E-state index in [2.05, 4.69) is 19.9 Å². The van der Waals surface area contributed by atoms with Gasteiger partial charge in [-0.3, -0.25) is 0 Å². The van der Waals surface area contributed by atoms with Crippen LogP contribution in [0.15, 0.2) is 24.6 Å². The molecule has 0 spiro atoms. The Hall–Kier alpha value is -1.73. The van der Waals surface area contributed by atoms with Crippen LogP contribution in [-0.2, 0) is 6.42 Å². The van der Waals surface area contributed by atoms with Crippen molar-refractivity contribution >= 4 is 18.3 Å². The van der Waals surface area contributed by atoms with Crippen LogP contribution < -0.4 is 0 Å². The van der Waals surface area contributed by atoms with Crippen LogP contribution in [0.4, 0.5) is 0 Å². The van der Waals surface area contributed by atoms with E-state index >= 15 is 0 Å². The van der Waals surface area contributed by atoms with Crippen LogP contribution in [0.3, 0.4) is 0 Å². The number of nitrogens with zero attached hydrogens (tertiary/aromatic N) is 3. The molecule has 7 heteroatoms. The van der Waals surface area contributed by atoms with E-state index in [1.54, 1.807) is 18.6 Å². The van der Waals surface area contributed by atoms with E-state index in [0.717, 1.165) is 5.52 Å². The average molecular weight is 204 g/mol. The summed E-state index contributed by atoms with van der Waals surface area (Å²) in [7, 11) is -1.43. The van der Waals surface area contributed by atoms with Crippen LogP contribution in [-0.4, -0.2) is 37.1 Å². The molecular weight excluding hydrogens is 195 g/mol. The van der Waals surface area contributed by atoms with Gasteiger partial charge in [-0.15, -0.1) is 0 Å². The maximum absolute atomic E-state index is 8.58. The SMILES string of the molecule is OB(O)C=CCc1ncc2[nH]cnc2n1. The lowest BCUT2D eigenvalue weighted by Gasteiger charge is -1.94. The fraction of sp³-hybridized carbons (Fsp3) is 0.125. The van der Waals surface area contributed by atoms with Gasteiger partial charge in [0.05, 0.1) is 12.5 Å². The third kappa shape index (κ3) is 2.39. The second-order valence-corrected chi connectivity index (χ2v) is 2.97. The lowest BCUT2D eigenvalue weighted by Crippen LogP contribution is -2.06. The monoisotopic (exact) mass is 204 g/mol. The molecule has 0 saturated heterocycles. The summed E-state index contributed by atoms with van der Waals surface area (Å²) in [5.74, 6) is 1.85. The van der Waals surface area contributed by atoms with Crippen molar-refractivity contribution in [1.29, 1.82) is 0 Å². The summed E-state index contributed by atoms with van der Waals surface area (Å²) < 4.78 is 0. The van der Waals surface area contributed by atoms with Gasteiger partial charge >= 0.3 is 7.12 Å². The first-order valence-corrected chi connectivity index (χ1v) is 4.43. The Bertz CT molecular complexity index is 482. The van der Waals surface area contributed by atoms with Crippen molar-refractivity contribution in [3.63, 3.8) is 0 Å². The number of nitrogens with one attached hydrogen (secondary N) is 1. The molecule has 76 valence electrons. The first-order chi connectivity index (χ1) is 7.25. The molecule has 2 rings (SSSR count). The van der Waals surface area contributed by atoms with E-state index in [1.165, 1.54) is 5.98 Å². The maximum Gasteiger partial charge on any atom is 0.480 e. The molecule has 6 nitrogen and oxygen atoms in total. The highest BCUT2D eigenvalue weighted by molar-refractivity contribution is 6.47. The Morgan fingerprint density at radius 3 is 3.07 bits per heavy atom. The number of fused-ring (bicyclic) bond motifs is 1. The van der Waals surface area contributed by atoms with E-state index in [1.807, 2.05) is 0 Å². The quantitative estimate of drug-likeness (QED) is 0.583. The van der Waals surface area contributed by atoms with Gasteiger partial charge in [0.25, 0.3) is 0 Å². The van der Waals surface area contributed by atoms with E-state index in [-0.39, 0.29) is 0 Å². The molecule has 2 aromatic heterocycles. The fourth-order valence-electron chi connectivity index (χ4n) is 1.16. The number of aromatic nitrogens is 4. The summed E-state index contributed by atoms with van der Waals surface area (Å²) in [6.07, 6.45) is 5.24. The van der Waals surface area contributed by atoms with E-state index in [0.29, 0.717) is 17.9 Å². The van der Waals surface area contributed by atoms with Crippen molar-refractivity contribution in [2.24, 2.45) is 0 Å². The molecule has 2 aromatic rings. The van der Waals surface area contributed by atoms with Crippen molar-refractivity contribution < 1.29 is 10.0 Å². The minimum atomic E-state index is -1.43. The van der Waals surface area contributed by atoms with Crippen molar-refractivity contribution in [3.05, 3.63) is 30.4 Å². The van der Waals surface area contributed by atoms with Crippen LogP contribution in [0.2, 0.25) is 0 Å². The summed E-state index contributed by atoms with van der Waals surface area (Å²) in [6, 6.07) is 0. The highest BCUT2D eigenvalue weighted by atomic mass is 16.4. The zero-order valence-corrected chi connectivity index (χ0v) is 7.83. The number of hydrogen-bond donors (Lipinski definition) is 3. The highest BCUT2D eigenvalue weighted by Gasteiger charge is 2.01. The van der Waals surface area contributed by atoms with Gasteiger partial charge in [0.15, 0.2) is 5.65 Å². The van der Waals surface area contributed by atoms with Gasteiger partial charge < -0.3 is 15.0 Å². The third-order valence-electron chi connectivity index (χ3n) is 1.83. The Balaban J connectivity index is 2.14. The minimum absolute atomic E-state index is 0.445. The lowest BCUT2D eigenvalue weighted by molar-refractivity contribution is 0.424. The van der Waals surface area contributed by atoms with Gasteiger partial charge in [-0.25, -0.2) is 15.0 Å². The van der Waals surface area contributed by atoms with Gasteiger partial charge in [-0.05, 0) is 0 Å². The predicted octanol–water partition coefficient (Wildman–Crippen LogP) is -0.536. The standard InChI is InChI=1S/C8H9BN4O2/c14-9(15)3-1-2-7-10-4-6-8(13-7)12-5-11-6/h1,3-5,14-15H,2H2,(H,10,11,12,13). The Labute approximate surface area is 85.9 Å². The molecule has 0 bridgehead atoms. The second kappa shape index (κ2) is 4.20. The summed E-state index contributed by atoms with van der Waals surface area (Å²) in [5, 5.41) is 17.2. The van der Waals surface area contributed by atoms with Crippen LogP contribution >= 0.6 is 0 Å². The second-order valence-electron chi connectivity index (χ2n) is 2.97. The fourth-order valence-corrected chi connectivity index (χ4v) is 1.16. The van der Waals surface area contributed by atoms with E-state index in [4.69, 9.17) is 10.0 Å². The van der Waals surface area contributed by atoms with Gasteiger partial charge in [0.1, 0.15) is 11.3 Å². The molecule has 0 aliphatic rings. The van der Waals surface area contributed by atoms with Gasteiger partial charge in [-0.2, -0.15) is 0 Å². The van der Waals surface area contributed by atoms with E-state index < -0.39 is 7.12 Å². The van der Waals surface area contributed by atoms with Crippen molar-refractivity contribution in [2.75, 3.05) is 0 Å². The van der Waals surface area contributed by atoms with Crippen molar-refractivity contribution in [3.8, 4) is 0 Å². The van der Waals surface area contributed by atoms with E-state index in [9.17, 15) is 0 Å². The van der Waals surface area contributed by atoms with Gasteiger partial charge in [0, 0.05) is 6.42 Å². The Kier molecular flexibility index (Phi) is 2.75. The van der Waals surface area contributed by atoms with Crippen molar-refractivity contribution in [1.82, 2.24) is 19.9 Å². The van der Waals surface area contributed by atoms with Crippen LogP contribution in [0.1, 0.15) is 5.82 Å². The van der Waals surface area contributed by atoms with Gasteiger partial charge in [0.2, 0.25) is 0 Å². The first-order valence-electron chi connectivity index (χ1n) is 4.43. The molecule has 0 aromatic carbocycles. The molecule has 0 unspecified atom stereocenters. The molecule has 0 fully saturated rings. The number of hydrogen-bond acceptors (Lipinski definition) is 5. The maximum atomic E-state index is 8.58. The largest absolute Gasteiger partial charge is 0.480 e. The number of H-pyrrole nitrogens is 1. The summed E-state index contributed by atoms with van der Waals surface area (Å²) in [5.41, 5.74) is 1.39. The number of imidazole rings is 1. The molecule has 15 heavy (non-hydrogen) atoms. The number of rotatable bonds is 3. The normalized spacial score (nSPS) is 11.3. The smallest absolute Gasteiger partial charge is 0.424 e. The molecule has 0 aliphatic carbocycles. The van der Waals surface area contributed by atoms with Crippen molar-refractivity contribution in [2.45, 2.75) is 6.42 Å².